The lowest BCUT2D eigenvalue weighted by Crippen LogP contribution is -2.39. The second-order valence-corrected chi connectivity index (χ2v) is 4.84. The minimum Gasteiger partial charge on any atom is -0.494 e. The Labute approximate surface area is 126 Å². The summed E-state index contributed by atoms with van der Waals surface area (Å²) < 4.78 is 21.7. The van der Waals surface area contributed by atoms with Crippen LogP contribution in [0.15, 0.2) is 18.2 Å². The molecule has 0 aliphatic carbocycles. The first-order valence-corrected chi connectivity index (χ1v) is 7.19. The summed E-state index contributed by atoms with van der Waals surface area (Å²) in [6, 6.07) is 5.25. The largest absolute Gasteiger partial charge is 0.494 e. The Bertz CT molecular complexity index is 443. The molecule has 0 heterocycles. The van der Waals surface area contributed by atoms with Gasteiger partial charge in [0.2, 0.25) is 0 Å². The van der Waals surface area contributed by atoms with Crippen LogP contribution in [0.4, 0.5) is 0 Å². The van der Waals surface area contributed by atoms with Gasteiger partial charge in [0.05, 0.1) is 19.8 Å². The molecule has 0 radical (unpaired) electrons. The number of ether oxygens (including phenoxy) is 4. The van der Waals surface area contributed by atoms with Gasteiger partial charge in [0.1, 0.15) is 17.2 Å². The van der Waals surface area contributed by atoms with E-state index in [1.807, 2.05) is 13.8 Å². The van der Waals surface area contributed by atoms with E-state index in [4.69, 9.17) is 18.9 Å². The number of carbonyl (C=O) groups excluding carboxylic acids is 1. The lowest BCUT2D eigenvalue weighted by atomic mass is 10.1. The zero-order valence-corrected chi connectivity index (χ0v) is 13.4. The summed E-state index contributed by atoms with van der Waals surface area (Å²) in [5.74, 6) is 1.36. The third kappa shape index (κ3) is 5.17. The maximum absolute atomic E-state index is 11.9. The molecule has 118 valence electrons. The summed E-state index contributed by atoms with van der Waals surface area (Å²) in [6.07, 6.45) is 0. The molecule has 0 saturated heterocycles. The van der Waals surface area contributed by atoms with E-state index in [1.54, 1.807) is 39.0 Å². The Morgan fingerprint density at radius 2 is 1.38 bits per heavy atom. The van der Waals surface area contributed by atoms with E-state index in [1.165, 1.54) is 0 Å². The third-order valence-electron chi connectivity index (χ3n) is 2.62. The van der Waals surface area contributed by atoms with Crippen LogP contribution in [0.2, 0.25) is 0 Å². The first-order chi connectivity index (χ1) is 9.92. The van der Waals surface area contributed by atoms with Crippen LogP contribution < -0.4 is 14.2 Å². The summed E-state index contributed by atoms with van der Waals surface area (Å²) in [7, 11) is 0. The smallest absolute Gasteiger partial charge is 0.349 e. The van der Waals surface area contributed by atoms with Gasteiger partial charge in [-0.15, -0.1) is 0 Å². The molecule has 1 aromatic carbocycles. The van der Waals surface area contributed by atoms with Gasteiger partial charge in [-0.3, -0.25) is 0 Å². The lowest BCUT2D eigenvalue weighted by Gasteiger charge is -2.24. The highest BCUT2D eigenvalue weighted by atomic mass is 16.6. The molecular formula is C16H24O5. The number of esters is 1. The summed E-state index contributed by atoms with van der Waals surface area (Å²) >= 11 is 0. The Morgan fingerprint density at radius 1 is 0.905 bits per heavy atom. The molecule has 5 heteroatoms. The lowest BCUT2D eigenvalue weighted by molar-refractivity contribution is -0.158. The topological polar surface area (TPSA) is 54.0 Å². The molecular weight excluding hydrogens is 272 g/mol. The number of benzene rings is 1. The monoisotopic (exact) mass is 296 g/mol. The van der Waals surface area contributed by atoms with Crippen LogP contribution in [0.3, 0.4) is 0 Å². The van der Waals surface area contributed by atoms with E-state index < -0.39 is 11.6 Å². The van der Waals surface area contributed by atoms with Crippen LogP contribution in [-0.4, -0.2) is 31.4 Å². The van der Waals surface area contributed by atoms with Crippen molar-refractivity contribution in [2.24, 2.45) is 0 Å². The van der Waals surface area contributed by atoms with Gasteiger partial charge in [-0.05, 0) is 34.6 Å². The summed E-state index contributed by atoms with van der Waals surface area (Å²) in [6.45, 7) is 10.3. The SMILES string of the molecule is CCOC(=O)C(C)(C)Oc1cc(OCC)cc(OCC)c1. The van der Waals surface area contributed by atoms with Crippen LogP contribution in [0, 0.1) is 0 Å². The Balaban J connectivity index is 2.97. The van der Waals surface area contributed by atoms with Crippen LogP contribution in [-0.2, 0) is 9.53 Å². The number of hydrogen-bond acceptors (Lipinski definition) is 5. The van der Waals surface area contributed by atoms with Gasteiger partial charge in [-0.2, -0.15) is 0 Å². The fourth-order valence-corrected chi connectivity index (χ4v) is 1.75. The molecule has 5 nitrogen and oxygen atoms in total. The fourth-order valence-electron chi connectivity index (χ4n) is 1.75. The summed E-state index contributed by atoms with van der Waals surface area (Å²) in [5, 5.41) is 0. The standard InChI is InChI=1S/C16H24O5/c1-6-18-12-9-13(19-7-2)11-14(10-12)21-16(4,5)15(17)20-8-3/h9-11H,6-8H2,1-5H3. The highest BCUT2D eigenvalue weighted by Crippen LogP contribution is 2.30. The zero-order valence-electron chi connectivity index (χ0n) is 13.4. The van der Waals surface area contributed by atoms with Gasteiger partial charge in [-0.25, -0.2) is 4.79 Å². The van der Waals surface area contributed by atoms with Crippen molar-refractivity contribution >= 4 is 5.97 Å². The molecule has 0 spiro atoms. The molecule has 1 rings (SSSR count). The van der Waals surface area contributed by atoms with Crippen LogP contribution >= 0.6 is 0 Å². The average molecular weight is 296 g/mol. The molecule has 0 bridgehead atoms. The Hall–Kier alpha value is -1.91. The van der Waals surface area contributed by atoms with Gasteiger partial charge in [0, 0.05) is 18.2 Å². The molecule has 0 aliphatic rings. The van der Waals surface area contributed by atoms with E-state index >= 15 is 0 Å². The van der Waals surface area contributed by atoms with E-state index in [9.17, 15) is 4.79 Å². The average Bonchev–Trinajstić information content (AvgIpc) is 2.39. The zero-order chi connectivity index (χ0) is 15.9. The quantitative estimate of drug-likeness (QED) is 0.689. The van der Waals surface area contributed by atoms with Gasteiger partial charge < -0.3 is 18.9 Å². The molecule has 21 heavy (non-hydrogen) atoms. The number of hydrogen-bond donors (Lipinski definition) is 0. The van der Waals surface area contributed by atoms with Crippen LogP contribution in [0.5, 0.6) is 17.2 Å². The van der Waals surface area contributed by atoms with E-state index in [0.29, 0.717) is 37.1 Å². The molecule has 0 atom stereocenters. The first-order valence-electron chi connectivity index (χ1n) is 7.19. The molecule has 0 N–H and O–H groups in total. The van der Waals surface area contributed by atoms with Crippen molar-refractivity contribution in [3.8, 4) is 17.2 Å². The van der Waals surface area contributed by atoms with E-state index in [2.05, 4.69) is 0 Å². The number of rotatable bonds is 8. The summed E-state index contributed by atoms with van der Waals surface area (Å²) in [5.41, 5.74) is -1.08. The molecule has 0 fully saturated rings. The first kappa shape index (κ1) is 17.1. The molecule has 0 aromatic heterocycles. The van der Waals surface area contributed by atoms with Crippen molar-refractivity contribution < 1.29 is 23.7 Å². The second-order valence-electron chi connectivity index (χ2n) is 4.84. The maximum Gasteiger partial charge on any atom is 0.349 e. The van der Waals surface area contributed by atoms with E-state index in [0.717, 1.165) is 0 Å². The van der Waals surface area contributed by atoms with Crippen molar-refractivity contribution in [1.29, 1.82) is 0 Å². The predicted molar refractivity (Wildman–Crippen MR) is 80.1 cm³/mol. The molecule has 0 amide bonds. The molecule has 1 aromatic rings. The van der Waals surface area contributed by atoms with Crippen LogP contribution in [0.1, 0.15) is 34.6 Å². The fraction of sp³-hybridized carbons (Fsp3) is 0.562. The van der Waals surface area contributed by atoms with Gasteiger partial charge >= 0.3 is 5.97 Å². The Morgan fingerprint density at radius 3 is 1.81 bits per heavy atom. The van der Waals surface area contributed by atoms with Crippen molar-refractivity contribution in [2.75, 3.05) is 19.8 Å². The highest BCUT2D eigenvalue weighted by Gasteiger charge is 2.31. The van der Waals surface area contributed by atoms with Gasteiger partial charge in [0.15, 0.2) is 5.60 Å². The van der Waals surface area contributed by atoms with Gasteiger partial charge in [0.25, 0.3) is 0 Å². The van der Waals surface area contributed by atoms with Crippen molar-refractivity contribution in [3.63, 3.8) is 0 Å². The minimum absolute atomic E-state index is 0.314. The van der Waals surface area contributed by atoms with Crippen molar-refractivity contribution in [1.82, 2.24) is 0 Å². The number of carbonyl (C=O) groups is 1. The van der Waals surface area contributed by atoms with Crippen LogP contribution in [0.25, 0.3) is 0 Å². The Kier molecular flexibility index (Phi) is 6.34. The normalized spacial score (nSPS) is 10.9. The molecule has 0 unspecified atom stereocenters. The minimum atomic E-state index is -1.08. The van der Waals surface area contributed by atoms with E-state index in [-0.39, 0.29) is 0 Å². The maximum atomic E-state index is 11.9. The second kappa shape index (κ2) is 7.76. The highest BCUT2D eigenvalue weighted by molar-refractivity contribution is 5.79. The molecule has 0 aliphatic heterocycles. The molecule has 0 saturated carbocycles. The third-order valence-corrected chi connectivity index (χ3v) is 2.62. The van der Waals surface area contributed by atoms with Crippen molar-refractivity contribution in [3.05, 3.63) is 18.2 Å². The van der Waals surface area contributed by atoms with Gasteiger partial charge in [-0.1, -0.05) is 0 Å². The van der Waals surface area contributed by atoms with Crippen molar-refractivity contribution in [2.45, 2.75) is 40.2 Å². The predicted octanol–water partition coefficient (Wildman–Crippen LogP) is 3.20. The summed E-state index contributed by atoms with van der Waals surface area (Å²) in [4.78, 5) is 11.9.